The molecule has 0 bridgehead atoms. The Morgan fingerprint density at radius 1 is 1.35 bits per heavy atom. The maximum atomic E-state index is 5.99. The summed E-state index contributed by atoms with van der Waals surface area (Å²) in [6.45, 7) is 3.80. The van der Waals surface area contributed by atoms with Crippen LogP contribution >= 0.6 is 11.8 Å². The molecule has 3 heterocycles. The van der Waals surface area contributed by atoms with Gasteiger partial charge in [0, 0.05) is 24.5 Å². The highest BCUT2D eigenvalue weighted by Gasteiger charge is 2.26. The third kappa shape index (κ3) is 2.40. The number of fused-ring (bicyclic) bond motifs is 1. The van der Waals surface area contributed by atoms with E-state index in [0.29, 0.717) is 5.25 Å². The Morgan fingerprint density at radius 2 is 2.18 bits per heavy atom. The van der Waals surface area contributed by atoms with Crippen molar-refractivity contribution in [2.75, 3.05) is 13.2 Å². The van der Waals surface area contributed by atoms with Gasteiger partial charge in [0.05, 0.1) is 23.8 Å². The summed E-state index contributed by atoms with van der Waals surface area (Å²) < 4.78 is 11.3. The standard InChI is InChI=1S/C12H16N2O2S/c1-8-6-10-11(17-8)12(14-7-13-10)16-9-2-4-15-5-3-9/h7-9H,2-6H2,1H3. The molecule has 1 saturated heterocycles. The van der Waals surface area contributed by atoms with Gasteiger partial charge in [0.1, 0.15) is 12.4 Å². The van der Waals surface area contributed by atoms with Gasteiger partial charge >= 0.3 is 0 Å². The average Bonchev–Trinajstić information content (AvgIpc) is 2.72. The molecule has 0 amide bonds. The van der Waals surface area contributed by atoms with Crippen LogP contribution in [-0.2, 0) is 11.2 Å². The van der Waals surface area contributed by atoms with Crippen molar-refractivity contribution in [2.24, 2.45) is 0 Å². The van der Waals surface area contributed by atoms with E-state index in [0.717, 1.165) is 48.9 Å². The van der Waals surface area contributed by atoms with Gasteiger partial charge < -0.3 is 9.47 Å². The molecule has 0 radical (unpaired) electrons. The van der Waals surface area contributed by atoms with Gasteiger partial charge in [0.15, 0.2) is 0 Å². The monoisotopic (exact) mass is 252 g/mol. The summed E-state index contributed by atoms with van der Waals surface area (Å²) >= 11 is 1.82. The lowest BCUT2D eigenvalue weighted by atomic mass is 10.1. The Balaban J connectivity index is 1.77. The highest BCUT2D eigenvalue weighted by atomic mass is 32.2. The van der Waals surface area contributed by atoms with E-state index in [1.807, 2.05) is 11.8 Å². The molecule has 3 rings (SSSR count). The lowest BCUT2D eigenvalue weighted by Gasteiger charge is -2.23. The van der Waals surface area contributed by atoms with E-state index in [1.165, 1.54) is 0 Å². The minimum absolute atomic E-state index is 0.249. The van der Waals surface area contributed by atoms with E-state index in [-0.39, 0.29) is 6.10 Å². The van der Waals surface area contributed by atoms with E-state index in [1.54, 1.807) is 6.33 Å². The highest BCUT2D eigenvalue weighted by Crippen LogP contribution is 2.41. The van der Waals surface area contributed by atoms with Crippen LogP contribution in [0.2, 0.25) is 0 Å². The van der Waals surface area contributed by atoms with Crippen LogP contribution in [-0.4, -0.2) is 34.5 Å². The van der Waals surface area contributed by atoms with Gasteiger partial charge in [0.2, 0.25) is 5.88 Å². The van der Waals surface area contributed by atoms with Crippen molar-refractivity contribution in [1.29, 1.82) is 0 Å². The Hall–Kier alpha value is -0.810. The topological polar surface area (TPSA) is 44.2 Å². The SMILES string of the molecule is CC1Cc2ncnc(OC3CCOCC3)c2S1. The molecule has 2 aliphatic rings. The van der Waals surface area contributed by atoms with E-state index in [9.17, 15) is 0 Å². The number of aromatic nitrogens is 2. The predicted molar refractivity (Wildman–Crippen MR) is 65.5 cm³/mol. The predicted octanol–water partition coefficient (Wildman–Crippen LogP) is 2.07. The fourth-order valence-electron chi connectivity index (χ4n) is 2.21. The summed E-state index contributed by atoms with van der Waals surface area (Å²) in [4.78, 5) is 9.76. The Kier molecular flexibility index (Phi) is 3.20. The van der Waals surface area contributed by atoms with Crippen molar-refractivity contribution < 1.29 is 9.47 Å². The first kappa shape index (κ1) is 11.3. The second kappa shape index (κ2) is 4.82. The van der Waals surface area contributed by atoms with Gasteiger partial charge in [-0.25, -0.2) is 9.97 Å². The quantitative estimate of drug-likeness (QED) is 0.806. The van der Waals surface area contributed by atoms with E-state index >= 15 is 0 Å². The molecule has 1 aromatic heterocycles. The smallest absolute Gasteiger partial charge is 0.231 e. The van der Waals surface area contributed by atoms with Gasteiger partial charge in [-0.3, -0.25) is 0 Å². The molecule has 4 nitrogen and oxygen atoms in total. The Labute approximate surface area is 105 Å². The molecule has 0 N–H and O–H groups in total. The lowest BCUT2D eigenvalue weighted by molar-refractivity contribution is 0.0224. The summed E-state index contributed by atoms with van der Waals surface area (Å²) in [6.07, 6.45) is 4.80. The normalized spacial score (nSPS) is 24.6. The molecule has 17 heavy (non-hydrogen) atoms. The molecule has 92 valence electrons. The number of nitrogens with zero attached hydrogens (tertiary/aromatic N) is 2. The molecule has 0 saturated carbocycles. The summed E-state index contributed by atoms with van der Waals surface area (Å²) in [5, 5.41) is 0.582. The van der Waals surface area contributed by atoms with E-state index in [4.69, 9.17) is 9.47 Å². The average molecular weight is 252 g/mol. The number of thioether (sulfide) groups is 1. The van der Waals surface area contributed by atoms with Crippen LogP contribution in [0.5, 0.6) is 5.88 Å². The van der Waals surface area contributed by atoms with Crippen molar-refractivity contribution in [2.45, 2.75) is 42.4 Å². The van der Waals surface area contributed by atoms with Crippen molar-refractivity contribution in [1.82, 2.24) is 9.97 Å². The van der Waals surface area contributed by atoms with Gasteiger partial charge in [0.25, 0.3) is 0 Å². The number of hydrogen-bond acceptors (Lipinski definition) is 5. The summed E-state index contributed by atoms with van der Waals surface area (Å²) in [5.41, 5.74) is 1.14. The maximum absolute atomic E-state index is 5.99. The first-order chi connectivity index (χ1) is 8.33. The van der Waals surface area contributed by atoms with Gasteiger partial charge in [-0.1, -0.05) is 6.92 Å². The third-order valence-corrected chi connectivity index (χ3v) is 4.31. The molecule has 1 aromatic rings. The van der Waals surface area contributed by atoms with Crippen molar-refractivity contribution in [3.05, 3.63) is 12.0 Å². The van der Waals surface area contributed by atoms with Crippen LogP contribution < -0.4 is 4.74 Å². The number of hydrogen-bond donors (Lipinski definition) is 0. The molecule has 5 heteroatoms. The van der Waals surface area contributed by atoms with Crippen LogP contribution in [0.15, 0.2) is 11.2 Å². The van der Waals surface area contributed by atoms with Gasteiger partial charge in [-0.05, 0) is 0 Å². The third-order valence-electron chi connectivity index (χ3n) is 3.09. The molecule has 1 fully saturated rings. The zero-order valence-corrected chi connectivity index (χ0v) is 10.7. The molecule has 0 aromatic carbocycles. The van der Waals surface area contributed by atoms with Crippen LogP contribution in [0.4, 0.5) is 0 Å². The minimum Gasteiger partial charge on any atom is -0.473 e. The summed E-state index contributed by atoms with van der Waals surface area (Å²) in [5.74, 6) is 0.774. The molecule has 0 spiro atoms. The van der Waals surface area contributed by atoms with Crippen molar-refractivity contribution in [3.63, 3.8) is 0 Å². The van der Waals surface area contributed by atoms with Gasteiger partial charge in [-0.15, -0.1) is 11.8 Å². The molecule has 1 unspecified atom stereocenters. The highest BCUT2D eigenvalue weighted by molar-refractivity contribution is 8.00. The van der Waals surface area contributed by atoms with Gasteiger partial charge in [-0.2, -0.15) is 0 Å². The van der Waals surface area contributed by atoms with Crippen molar-refractivity contribution >= 4 is 11.8 Å². The van der Waals surface area contributed by atoms with E-state index < -0.39 is 0 Å². The fraction of sp³-hybridized carbons (Fsp3) is 0.667. The zero-order valence-electron chi connectivity index (χ0n) is 9.89. The molecule has 2 aliphatic heterocycles. The van der Waals surface area contributed by atoms with Crippen LogP contribution in [0.1, 0.15) is 25.5 Å². The number of rotatable bonds is 2. The Bertz CT molecular complexity index is 407. The first-order valence-electron chi connectivity index (χ1n) is 6.08. The lowest BCUT2D eigenvalue weighted by Crippen LogP contribution is -2.26. The van der Waals surface area contributed by atoms with Crippen molar-refractivity contribution in [3.8, 4) is 5.88 Å². The second-order valence-electron chi connectivity index (χ2n) is 4.52. The summed E-state index contributed by atoms with van der Waals surface area (Å²) in [6, 6.07) is 0. The first-order valence-corrected chi connectivity index (χ1v) is 6.96. The van der Waals surface area contributed by atoms with E-state index in [2.05, 4.69) is 16.9 Å². The minimum atomic E-state index is 0.249. The van der Waals surface area contributed by atoms with Crippen LogP contribution in [0, 0.1) is 0 Å². The van der Waals surface area contributed by atoms with Crippen LogP contribution in [0.25, 0.3) is 0 Å². The Morgan fingerprint density at radius 3 is 3.00 bits per heavy atom. The maximum Gasteiger partial charge on any atom is 0.231 e. The largest absolute Gasteiger partial charge is 0.473 e. The molecule has 0 aliphatic carbocycles. The second-order valence-corrected chi connectivity index (χ2v) is 5.97. The van der Waals surface area contributed by atoms with Crippen LogP contribution in [0.3, 0.4) is 0 Å². The molecular formula is C12H16N2O2S. The molecule has 1 atom stereocenters. The summed E-state index contributed by atoms with van der Waals surface area (Å²) in [7, 11) is 0. The number of ether oxygens (including phenoxy) is 2. The zero-order chi connectivity index (χ0) is 11.7. The fourth-order valence-corrected chi connectivity index (χ4v) is 3.32. The molecular weight excluding hydrogens is 236 g/mol.